The summed E-state index contributed by atoms with van der Waals surface area (Å²) in [6.45, 7) is 4.23. The second kappa shape index (κ2) is 5.24. The van der Waals surface area contributed by atoms with E-state index in [1.807, 2.05) is 6.92 Å². The molecule has 0 bridgehead atoms. The molecular weight excluding hydrogens is 212 g/mol. The second-order valence-corrected chi connectivity index (χ2v) is 4.76. The molecule has 1 aliphatic rings. The number of aromatic nitrogens is 2. The van der Waals surface area contributed by atoms with Crippen molar-refractivity contribution in [1.29, 1.82) is 5.26 Å². The van der Waals surface area contributed by atoms with Crippen molar-refractivity contribution in [2.45, 2.75) is 32.1 Å². The monoisotopic (exact) mass is 230 g/mol. The van der Waals surface area contributed by atoms with Crippen LogP contribution in [0.25, 0.3) is 0 Å². The van der Waals surface area contributed by atoms with Gasteiger partial charge in [0, 0.05) is 17.3 Å². The van der Waals surface area contributed by atoms with Gasteiger partial charge in [-0.05, 0) is 46.0 Å². The average molecular weight is 230 g/mol. The van der Waals surface area contributed by atoms with Gasteiger partial charge in [-0.1, -0.05) is 0 Å². The van der Waals surface area contributed by atoms with Crippen LogP contribution in [0, 0.1) is 18.3 Å². The summed E-state index contributed by atoms with van der Waals surface area (Å²) in [6.07, 6.45) is 2.61. The number of likely N-dealkylation sites (tertiary alicyclic amines) is 1. The van der Waals surface area contributed by atoms with Crippen molar-refractivity contribution in [1.82, 2.24) is 14.9 Å². The third kappa shape index (κ3) is 3.01. The number of hydrogen-bond donors (Lipinski definition) is 0. The third-order valence-electron chi connectivity index (χ3n) is 3.29. The van der Waals surface area contributed by atoms with Gasteiger partial charge < -0.3 is 4.90 Å². The van der Waals surface area contributed by atoms with E-state index in [4.69, 9.17) is 5.26 Å². The Balaban J connectivity index is 2.17. The summed E-state index contributed by atoms with van der Waals surface area (Å²) >= 11 is 0. The maximum Gasteiger partial charge on any atom is 0.142 e. The van der Waals surface area contributed by atoms with Gasteiger partial charge in [0.25, 0.3) is 0 Å². The highest BCUT2D eigenvalue weighted by molar-refractivity contribution is 5.16. The molecule has 0 unspecified atom stereocenters. The Bertz CT molecular complexity index is 428. The molecule has 1 aromatic heterocycles. The van der Waals surface area contributed by atoms with Crippen molar-refractivity contribution in [3.05, 3.63) is 23.3 Å². The van der Waals surface area contributed by atoms with Crippen LogP contribution in [-0.4, -0.2) is 35.0 Å². The molecule has 0 aliphatic carbocycles. The molecule has 1 aliphatic heterocycles. The Labute approximate surface area is 102 Å². The van der Waals surface area contributed by atoms with Crippen LogP contribution in [0.3, 0.4) is 0 Å². The lowest BCUT2D eigenvalue weighted by atomic mass is 9.93. The van der Waals surface area contributed by atoms with Gasteiger partial charge in [0.15, 0.2) is 0 Å². The molecule has 4 heteroatoms. The lowest BCUT2D eigenvalue weighted by Gasteiger charge is -2.28. The van der Waals surface area contributed by atoms with E-state index in [1.165, 1.54) is 0 Å². The number of rotatable bonds is 2. The Kier molecular flexibility index (Phi) is 3.70. The number of aryl methyl sites for hydroxylation is 1. The van der Waals surface area contributed by atoms with E-state index in [2.05, 4.69) is 34.1 Å². The fourth-order valence-electron chi connectivity index (χ4n) is 2.32. The molecule has 90 valence electrons. The van der Waals surface area contributed by atoms with Crippen molar-refractivity contribution >= 4 is 0 Å². The quantitative estimate of drug-likeness (QED) is 0.775. The van der Waals surface area contributed by atoms with E-state index >= 15 is 0 Å². The molecule has 0 amide bonds. The van der Waals surface area contributed by atoms with E-state index in [0.717, 1.165) is 37.3 Å². The van der Waals surface area contributed by atoms with Gasteiger partial charge in [0.2, 0.25) is 0 Å². The van der Waals surface area contributed by atoms with E-state index in [-0.39, 0.29) is 0 Å². The maximum absolute atomic E-state index is 8.71. The van der Waals surface area contributed by atoms with E-state index in [0.29, 0.717) is 18.2 Å². The molecule has 4 nitrogen and oxygen atoms in total. The van der Waals surface area contributed by atoms with Gasteiger partial charge in [-0.25, -0.2) is 9.97 Å². The van der Waals surface area contributed by atoms with Crippen LogP contribution in [0.5, 0.6) is 0 Å². The minimum atomic E-state index is 0.307. The summed E-state index contributed by atoms with van der Waals surface area (Å²) in [7, 11) is 2.16. The van der Waals surface area contributed by atoms with Crippen molar-refractivity contribution in [2.24, 2.45) is 0 Å². The zero-order valence-corrected chi connectivity index (χ0v) is 10.5. The molecule has 0 spiro atoms. The van der Waals surface area contributed by atoms with Gasteiger partial charge >= 0.3 is 0 Å². The second-order valence-electron chi connectivity index (χ2n) is 4.76. The summed E-state index contributed by atoms with van der Waals surface area (Å²) in [6, 6.07) is 4.18. The predicted molar refractivity (Wildman–Crippen MR) is 65.6 cm³/mol. The lowest BCUT2D eigenvalue weighted by Crippen LogP contribution is -2.29. The van der Waals surface area contributed by atoms with E-state index < -0.39 is 0 Å². The molecule has 1 aromatic rings. The largest absolute Gasteiger partial charge is 0.306 e. The standard InChI is InChI=1S/C13H18N4/c1-10-9-12(16-13(15-10)3-6-14)11-4-7-17(2)8-5-11/h9,11H,3-5,7-8H2,1-2H3. The molecule has 0 aromatic carbocycles. The van der Waals surface area contributed by atoms with Crippen LogP contribution in [0.4, 0.5) is 0 Å². The minimum Gasteiger partial charge on any atom is -0.306 e. The fraction of sp³-hybridized carbons (Fsp3) is 0.615. The molecule has 0 saturated carbocycles. The first-order chi connectivity index (χ1) is 8.19. The van der Waals surface area contributed by atoms with Crippen LogP contribution in [0.15, 0.2) is 6.07 Å². The topological polar surface area (TPSA) is 52.8 Å². The summed E-state index contributed by atoms with van der Waals surface area (Å²) < 4.78 is 0. The smallest absolute Gasteiger partial charge is 0.142 e. The first-order valence-corrected chi connectivity index (χ1v) is 6.09. The Morgan fingerprint density at radius 1 is 1.41 bits per heavy atom. The molecule has 2 heterocycles. The summed E-state index contributed by atoms with van der Waals surface area (Å²) in [4.78, 5) is 11.2. The van der Waals surface area contributed by atoms with Crippen LogP contribution in [0.1, 0.15) is 36.0 Å². The van der Waals surface area contributed by atoms with Crippen molar-refractivity contribution in [2.75, 3.05) is 20.1 Å². The summed E-state index contributed by atoms with van der Waals surface area (Å²) in [5, 5.41) is 8.71. The summed E-state index contributed by atoms with van der Waals surface area (Å²) in [5.74, 6) is 1.20. The van der Waals surface area contributed by atoms with Crippen LogP contribution in [0.2, 0.25) is 0 Å². The number of hydrogen-bond acceptors (Lipinski definition) is 4. The molecule has 0 radical (unpaired) electrons. The van der Waals surface area contributed by atoms with Crippen LogP contribution < -0.4 is 0 Å². The highest BCUT2D eigenvalue weighted by atomic mass is 15.1. The van der Waals surface area contributed by atoms with Crippen molar-refractivity contribution in [3.63, 3.8) is 0 Å². The molecule has 1 saturated heterocycles. The Hall–Kier alpha value is -1.47. The van der Waals surface area contributed by atoms with Crippen molar-refractivity contribution < 1.29 is 0 Å². The molecule has 0 atom stereocenters. The molecule has 1 fully saturated rings. The Morgan fingerprint density at radius 3 is 2.76 bits per heavy atom. The lowest BCUT2D eigenvalue weighted by molar-refractivity contribution is 0.253. The molecule has 0 N–H and O–H groups in total. The van der Waals surface area contributed by atoms with Gasteiger partial charge in [0.1, 0.15) is 5.82 Å². The van der Waals surface area contributed by atoms with Gasteiger partial charge in [-0.2, -0.15) is 5.26 Å². The number of nitriles is 1. The average Bonchev–Trinajstić information content (AvgIpc) is 2.29. The fourth-order valence-corrected chi connectivity index (χ4v) is 2.32. The highest BCUT2D eigenvalue weighted by Crippen LogP contribution is 2.26. The zero-order chi connectivity index (χ0) is 12.3. The molecular formula is C13H18N4. The number of piperidine rings is 1. The van der Waals surface area contributed by atoms with Gasteiger partial charge in [0.05, 0.1) is 12.5 Å². The van der Waals surface area contributed by atoms with E-state index in [1.54, 1.807) is 0 Å². The van der Waals surface area contributed by atoms with Gasteiger partial charge in [-0.15, -0.1) is 0 Å². The molecule has 2 rings (SSSR count). The Morgan fingerprint density at radius 2 is 2.12 bits per heavy atom. The first-order valence-electron chi connectivity index (χ1n) is 6.09. The maximum atomic E-state index is 8.71. The van der Waals surface area contributed by atoms with Crippen LogP contribution >= 0.6 is 0 Å². The third-order valence-corrected chi connectivity index (χ3v) is 3.29. The SMILES string of the molecule is Cc1cc(C2CCN(C)CC2)nc(CC#N)n1. The summed E-state index contributed by atoms with van der Waals surface area (Å²) in [5.41, 5.74) is 2.09. The highest BCUT2D eigenvalue weighted by Gasteiger charge is 2.20. The zero-order valence-electron chi connectivity index (χ0n) is 10.5. The number of nitrogens with zero attached hydrogens (tertiary/aromatic N) is 4. The first kappa shape index (κ1) is 12.0. The minimum absolute atomic E-state index is 0.307. The predicted octanol–water partition coefficient (Wildman–Crippen LogP) is 1.66. The van der Waals surface area contributed by atoms with Crippen LogP contribution in [-0.2, 0) is 6.42 Å². The molecule has 17 heavy (non-hydrogen) atoms. The van der Waals surface area contributed by atoms with Gasteiger partial charge in [-0.3, -0.25) is 0 Å². The normalized spacial score (nSPS) is 17.9. The van der Waals surface area contributed by atoms with E-state index in [9.17, 15) is 0 Å². The van der Waals surface area contributed by atoms with Crippen molar-refractivity contribution in [3.8, 4) is 6.07 Å².